The van der Waals surface area contributed by atoms with Crippen molar-refractivity contribution in [2.75, 3.05) is 0 Å². The summed E-state index contributed by atoms with van der Waals surface area (Å²) >= 11 is 12.1. The van der Waals surface area contributed by atoms with E-state index in [1.54, 1.807) is 24.0 Å². The smallest absolute Gasteiger partial charge is 0.242 e. The van der Waals surface area contributed by atoms with Crippen molar-refractivity contribution in [1.29, 1.82) is 0 Å². The van der Waals surface area contributed by atoms with Gasteiger partial charge in [0.15, 0.2) is 0 Å². The molecule has 2 rings (SSSR count). The third-order valence-electron chi connectivity index (χ3n) is 4.92. The molecule has 0 aromatic heterocycles. The highest BCUT2D eigenvalue weighted by Crippen LogP contribution is 2.24. The summed E-state index contributed by atoms with van der Waals surface area (Å²) in [5.74, 6) is -0.105. The summed E-state index contributed by atoms with van der Waals surface area (Å²) in [6.07, 6.45) is 6.75. The highest BCUT2D eigenvalue weighted by atomic mass is 35.5. The zero-order valence-electron chi connectivity index (χ0n) is 15.6. The van der Waals surface area contributed by atoms with Crippen molar-refractivity contribution in [3.63, 3.8) is 0 Å². The molecule has 0 radical (unpaired) electrons. The van der Waals surface area contributed by atoms with E-state index in [1.807, 2.05) is 13.0 Å². The Bertz CT molecular complexity index is 630. The number of hydrogen-bond donors (Lipinski definition) is 1. The first-order chi connectivity index (χ1) is 12.4. The maximum atomic E-state index is 12.7. The Morgan fingerprint density at radius 2 is 1.88 bits per heavy atom. The fraction of sp³-hybridized carbons (Fsp3) is 0.600. The van der Waals surface area contributed by atoms with Crippen LogP contribution in [0.3, 0.4) is 0 Å². The highest BCUT2D eigenvalue weighted by molar-refractivity contribution is 6.42. The summed E-state index contributed by atoms with van der Waals surface area (Å²) in [6, 6.07) is 5.01. The molecule has 144 valence electrons. The quantitative estimate of drug-likeness (QED) is 0.705. The van der Waals surface area contributed by atoms with Gasteiger partial charge in [-0.15, -0.1) is 0 Å². The molecule has 1 N–H and O–H groups in total. The minimum atomic E-state index is -0.523. The Balaban J connectivity index is 2.10. The van der Waals surface area contributed by atoms with Crippen LogP contribution in [0.5, 0.6) is 0 Å². The number of rotatable bonds is 7. The average Bonchev–Trinajstić information content (AvgIpc) is 2.63. The van der Waals surface area contributed by atoms with Crippen molar-refractivity contribution in [3.8, 4) is 0 Å². The van der Waals surface area contributed by atoms with E-state index in [0.29, 0.717) is 23.0 Å². The predicted octanol–water partition coefficient (Wildman–Crippen LogP) is 4.96. The second kappa shape index (κ2) is 10.2. The van der Waals surface area contributed by atoms with Crippen LogP contribution in [-0.2, 0) is 16.1 Å². The minimum Gasteiger partial charge on any atom is -0.352 e. The predicted molar refractivity (Wildman–Crippen MR) is 106 cm³/mol. The maximum absolute atomic E-state index is 12.7. The molecule has 1 saturated carbocycles. The molecular weight excluding hydrogens is 371 g/mol. The average molecular weight is 399 g/mol. The molecule has 1 aliphatic carbocycles. The van der Waals surface area contributed by atoms with Crippen LogP contribution >= 0.6 is 23.2 Å². The maximum Gasteiger partial charge on any atom is 0.242 e. The van der Waals surface area contributed by atoms with Crippen LogP contribution < -0.4 is 5.32 Å². The van der Waals surface area contributed by atoms with E-state index >= 15 is 0 Å². The molecule has 1 atom stereocenters. The van der Waals surface area contributed by atoms with Crippen LogP contribution in [0.25, 0.3) is 0 Å². The molecule has 1 aromatic rings. The molecule has 0 bridgehead atoms. The number of benzene rings is 1. The van der Waals surface area contributed by atoms with Crippen LogP contribution in [0.15, 0.2) is 18.2 Å². The molecule has 0 spiro atoms. The van der Waals surface area contributed by atoms with E-state index in [4.69, 9.17) is 23.2 Å². The number of nitrogens with zero attached hydrogens (tertiary/aromatic N) is 1. The lowest BCUT2D eigenvalue weighted by molar-refractivity contribution is -0.141. The molecule has 6 heteroatoms. The highest BCUT2D eigenvalue weighted by Gasteiger charge is 2.27. The first kappa shape index (κ1) is 21.0. The van der Waals surface area contributed by atoms with Crippen LogP contribution in [0, 0.1) is 0 Å². The lowest BCUT2D eigenvalue weighted by Gasteiger charge is -2.31. The Kier molecular flexibility index (Phi) is 8.23. The van der Waals surface area contributed by atoms with E-state index in [-0.39, 0.29) is 17.9 Å². The summed E-state index contributed by atoms with van der Waals surface area (Å²) in [7, 11) is 0. The van der Waals surface area contributed by atoms with Gasteiger partial charge >= 0.3 is 0 Å². The van der Waals surface area contributed by atoms with Crippen molar-refractivity contribution in [2.24, 2.45) is 0 Å². The summed E-state index contributed by atoms with van der Waals surface area (Å²) in [4.78, 5) is 27.0. The number of carbonyl (C=O) groups is 2. The molecule has 0 aliphatic heterocycles. The third-order valence-corrected chi connectivity index (χ3v) is 5.66. The van der Waals surface area contributed by atoms with Gasteiger partial charge in [0.2, 0.25) is 11.8 Å². The molecule has 2 amide bonds. The second-order valence-corrected chi connectivity index (χ2v) is 7.85. The van der Waals surface area contributed by atoms with Crippen molar-refractivity contribution >= 4 is 35.0 Å². The summed E-state index contributed by atoms with van der Waals surface area (Å²) in [6.45, 7) is 4.10. The van der Waals surface area contributed by atoms with Gasteiger partial charge in [-0.05, 0) is 43.9 Å². The normalized spacial score (nSPS) is 16.2. The van der Waals surface area contributed by atoms with Gasteiger partial charge in [0.25, 0.3) is 0 Å². The van der Waals surface area contributed by atoms with Crippen LogP contribution in [-0.4, -0.2) is 28.8 Å². The molecule has 4 nitrogen and oxygen atoms in total. The largest absolute Gasteiger partial charge is 0.352 e. The van der Waals surface area contributed by atoms with Gasteiger partial charge in [0.05, 0.1) is 10.0 Å². The van der Waals surface area contributed by atoms with Crippen molar-refractivity contribution in [3.05, 3.63) is 33.8 Å². The Hall–Kier alpha value is -1.26. The lowest BCUT2D eigenvalue weighted by atomic mass is 9.95. The second-order valence-electron chi connectivity index (χ2n) is 7.04. The molecule has 0 saturated heterocycles. The number of nitrogens with one attached hydrogen (secondary N) is 1. The molecule has 26 heavy (non-hydrogen) atoms. The lowest BCUT2D eigenvalue weighted by Crippen LogP contribution is -2.50. The zero-order chi connectivity index (χ0) is 19.1. The Morgan fingerprint density at radius 3 is 2.50 bits per heavy atom. The van der Waals surface area contributed by atoms with Crippen LogP contribution in [0.1, 0.15) is 64.4 Å². The topological polar surface area (TPSA) is 49.4 Å². The van der Waals surface area contributed by atoms with E-state index in [2.05, 4.69) is 5.32 Å². The fourth-order valence-corrected chi connectivity index (χ4v) is 3.66. The van der Waals surface area contributed by atoms with Crippen LogP contribution in [0.4, 0.5) is 0 Å². The van der Waals surface area contributed by atoms with Crippen molar-refractivity contribution in [1.82, 2.24) is 10.2 Å². The van der Waals surface area contributed by atoms with Gasteiger partial charge in [-0.25, -0.2) is 0 Å². The monoisotopic (exact) mass is 398 g/mol. The molecule has 0 heterocycles. The van der Waals surface area contributed by atoms with Crippen LogP contribution in [0.2, 0.25) is 10.0 Å². The molecule has 1 fully saturated rings. The van der Waals surface area contributed by atoms with E-state index in [9.17, 15) is 9.59 Å². The van der Waals surface area contributed by atoms with Crippen molar-refractivity contribution in [2.45, 2.75) is 77.4 Å². The summed E-state index contributed by atoms with van der Waals surface area (Å²) in [5.41, 5.74) is 0.862. The fourth-order valence-electron chi connectivity index (χ4n) is 3.34. The first-order valence-electron chi connectivity index (χ1n) is 9.46. The third kappa shape index (κ3) is 5.88. The Morgan fingerprint density at radius 1 is 1.19 bits per heavy atom. The van der Waals surface area contributed by atoms with Gasteiger partial charge in [0.1, 0.15) is 6.04 Å². The summed E-state index contributed by atoms with van der Waals surface area (Å²) < 4.78 is 0. The summed E-state index contributed by atoms with van der Waals surface area (Å²) in [5, 5.41) is 4.05. The van der Waals surface area contributed by atoms with E-state index < -0.39 is 6.04 Å². The van der Waals surface area contributed by atoms with Gasteiger partial charge < -0.3 is 10.2 Å². The van der Waals surface area contributed by atoms with Gasteiger partial charge in [-0.1, -0.05) is 55.5 Å². The Labute approximate surface area is 166 Å². The number of carbonyl (C=O) groups excluding carboxylic acids is 2. The van der Waals surface area contributed by atoms with Crippen molar-refractivity contribution < 1.29 is 9.59 Å². The first-order valence-corrected chi connectivity index (χ1v) is 10.2. The minimum absolute atomic E-state index is 0.0233. The van der Waals surface area contributed by atoms with E-state index in [1.165, 1.54) is 6.42 Å². The van der Waals surface area contributed by atoms with Gasteiger partial charge in [-0.2, -0.15) is 0 Å². The zero-order valence-corrected chi connectivity index (χ0v) is 17.1. The number of amides is 2. The number of halogens is 2. The van der Waals surface area contributed by atoms with E-state index in [0.717, 1.165) is 37.7 Å². The van der Waals surface area contributed by atoms with Gasteiger partial charge in [-0.3, -0.25) is 9.59 Å². The number of hydrogen-bond acceptors (Lipinski definition) is 2. The van der Waals surface area contributed by atoms with Gasteiger partial charge in [0, 0.05) is 19.0 Å². The molecule has 1 aliphatic rings. The molecule has 1 aromatic carbocycles. The molecular formula is C20H28Cl2N2O2. The standard InChI is InChI=1S/C20H28Cl2N2O2/c1-3-7-19(25)24(13-15-10-11-17(21)18(22)12-15)14(2)20(26)23-16-8-5-4-6-9-16/h10-12,14,16H,3-9,13H2,1-2H3,(H,23,26)/t14-/m1/s1. The molecule has 0 unspecified atom stereocenters. The SMILES string of the molecule is CCCC(=O)N(Cc1ccc(Cl)c(Cl)c1)[C@H](C)C(=O)NC1CCCCC1.